The molecule has 0 fully saturated rings. The summed E-state index contributed by atoms with van der Waals surface area (Å²) in [4.78, 5) is 38.1. The molecule has 0 aromatic carbocycles. The van der Waals surface area contributed by atoms with Crippen LogP contribution >= 0.6 is 0 Å². The fraction of sp³-hybridized carbons (Fsp3) is 0.514. The van der Waals surface area contributed by atoms with Gasteiger partial charge in [-0.05, 0) is 154 Å². The second kappa shape index (κ2) is 63.8. The van der Waals surface area contributed by atoms with Gasteiger partial charge in [0.15, 0.2) is 6.10 Å². The Kier molecular flexibility index (Phi) is 59.1. The zero-order valence-corrected chi connectivity index (χ0v) is 49.3. The van der Waals surface area contributed by atoms with E-state index >= 15 is 0 Å². The van der Waals surface area contributed by atoms with Crippen molar-refractivity contribution in [3.63, 3.8) is 0 Å². The van der Waals surface area contributed by atoms with E-state index in [9.17, 15) is 14.4 Å². The highest BCUT2D eigenvalue weighted by atomic mass is 16.6. The molecule has 1 unspecified atom stereocenters. The average Bonchev–Trinajstić information content (AvgIpc) is 3.44. The van der Waals surface area contributed by atoms with Crippen LogP contribution in [0.3, 0.4) is 0 Å². The molecule has 0 heterocycles. The summed E-state index contributed by atoms with van der Waals surface area (Å²) in [6.07, 6.45) is 97.3. The number of hydrogen-bond acceptors (Lipinski definition) is 6. The quantitative estimate of drug-likeness (QED) is 0.0261. The van der Waals surface area contributed by atoms with E-state index in [-0.39, 0.29) is 38.0 Å². The van der Waals surface area contributed by atoms with Gasteiger partial charge in [0.05, 0.1) is 0 Å². The molecular formula is C72H108O6. The molecule has 0 spiro atoms. The molecule has 0 N–H and O–H groups in total. The van der Waals surface area contributed by atoms with Crippen LogP contribution in [-0.2, 0) is 28.6 Å². The Balaban J connectivity index is 4.52. The Hall–Kier alpha value is -5.75. The van der Waals surface area contributed by atoms with Crippen molar-refractivity contribution in [3.05, 3.63) is 194 Å². The molecule has 78 heavy (non-hydrogen) atoms. The minimum absolute atomic E-state index is 0.131. The Morgan fingerprint density at radius 3 is 0.859 bits per heavy atom. The van der Waals surface area contributed by atoms with E-state index in [0.717, 1.165) is 154 Å². The highest BCUT2D eigenvalue weighted by Crippen LogP contribution is 2.11. The second-order valence-electron chi connectivity index (χ2n) is 19.1. The lowest BCUT2D eigenvalue weighted by atomic mass is 10.1. The molecule has 1 atom stereocenters. The van der Waals surface area contributed by atoms with Gasteiger partial charge >= 0.3 is 17.9 Å². The lowest BCUT2D eigenvalue weighted by molar-refractivity contribution is -0.167. The third-order valence-corrected chi connectivity index (χ3v) is 11.8. The zero-order valence-electron chi connectivity index (χ0n) is 49.3. The molecule has 0 aliphatic rings. The SMILES string of the molecule is CC/C=C\C/C=C\C/C=C\C/C=C\C/C=C\C/C=C\C/C=C\C/C=C\CCCCC(=O)OCC(COC(=O)CCCCCCC/C=C\CCC)OC(=O)CCC/C=C\C/C=C\C/C=C\C/C=C\C/C=C\C/C=C\C/C=C\CC. The van der Waals surface area contributed by atoms with E-state index in [4.69, 9.17) is 14.2 Å². The highest BCUT2D eigenvalue weighted by molar-refractivity contribution is 5.71. The first-order chi connectivity index (χ1) is 38.5. The van der Waals surface area contributed by atoms with Gasteiger partial charge in [-0.2, -0.15) is 0 Å². The number of esters is 3. The van der Waals surface area contributed by atoms with Crippen molar-refractivity contribution in [2.45, 2.75) is 226 Å². The maximum Gasteiger partial charge on any atom is 0.306 e. The normalized spacial score (nSPS) is 13.5. The number of allylic oxidation sites excluding steroid dienone is 32. The van der Waals surface area contributed by atoms with Crippen LogP contribution in [-0.4, -0.2) is 37.2 Å². The Labute approximate surface area is 477 Å². The Morgan fingerprint density at radius 2 is 0.513 bits per heavy atom. The number of carbonyl (C=O) groups is 3. The molecule has 0 saturated heterocycles. The van der Waals surface area contributed by atoms with Crippen molar-refractivity contribution in [1.82, 2.24) is 0 Å². The Bertz CT molecular complexity index is 1900. The smallest absolute Gasteiger partial charge is 0.306 e. The van der Waals surface area contributed by atoms with Gasteiger partial charge in [0.25, 0.3) is 0 Å². The molecule has 0 aliphatic heterocycles. The predicted octanol–water partition coefficient (Wildman–Crippen LogP) is 21.0. The van der Waals surface area contributed by atoms with Gasteiger partial charge < -0.3 is 14.2 Å². The standard InChI is InChI=1S/C72H108O6/c1-4-7-10-13-16-19-22-24-26-28-30-32-34-35-36-37-39-40-42-44-46-48-50-53-56-59-62-65-71(74)77-68-69(67-76-70(73)64-61-58-55-52-21-18-15-12-9-6-3)78-72(75)66-63-60-57-54-51-49-47-45-43-41-38-33-31-29-27-25-23-20-17-14-11-8-5-2/h7-8,10-12,15-17,19-20,24-27,30-33,35-36,39-41,43-44,46-47,49-50,53-54,57,69H,4-6,9,13-14,18,21-23,28-29,34,37-38,42,45,48,51-52,55-56,58-68H2,1-3H3/b10-7-,11-8-,15-12-,19-16-,20-17-,26-24-,27-25-,32-30-,33-31-,36-35-,40-39-,43-41-,46-44-,49-47-,53-50-,57-54-. The van der Waals surface area contributed by atoms with Gasteiger partial charge in [0, 0.05) is 19.3 Å². The van der Waals surface area contributed by atoms with Gasteiger partial charge in [-0.1, -0.05) is 241 Å². The number of hydrogen-bond donors (Lipinski definition) is 0. The number of rotatable bonds is 52. The van der Waals surface area contributed by atoms with E-state index in [1.807, 2.05) is 0 Å². The maximum absolute atomic E-state index is 12.9. The summed E-state index contributed by atoms with van der Waals surface area (Å²) in [7, 11) is 0. The van der Waals surface area contributed by atoms with Gasteiger partial charge in [0.1, 0.15) is 13.2 Å². The van der Waals surface area contributed by atoms with Crippen molar-refractivity contribution in [1.29, 1.82) is 0 Å². The average molecular weight is 1070 g/mol. The van der Waals surface area contributed by atoms with Crippen molar-refractivity contribution in [2.24, 2.45) is 0 Å². The Morgan fingerprint density at radius 1 is 0.269 bits per heavy atom. The molecule has 6 nitrogen and oxygen atoms in total. The minimum Gasteiger partial charge on any atom is -0.462 e. The van der Waals surface area contributed by atoms with Crippen LogP contribution in [0.15, 0.2) is 194 Å². The number of ether oxygens (including phenoxy) is 3. The predicted molar refractivity (Wildman–Crippen MR) is 338 cm³/mol. The van der Waals surface area contributed by atoms with E-state index in [1.165, 1.54) is 12.8 Å². The zero-order chi connectivity index (χ0) is 56.4. The van der Waals surface area contributed by atoms with Crippen LogP contribution in [0.1, 0.15) is 220 Å². The number of unbranched alkanes of at least 4 members (excludes halogenated alkanes) is 9. The van der Waals surface area contributed by atoms with Crippen LogP contribution in [0.25, 0.3) is 0 Å². The van der Waals surface area contributed by atoms with E-state index in [0.29, 0.717) is 19.3 Å². The lowest BCUT2D eigenvalue weighted by Crippen LogP contribution is -2.30. The van der Waals surface area contributed by atoms with Gasteiger partial charge in [-0.25, -0.2) is 0 Å². The molecule has 0 bridgehead atoms. The van der Waals surface area contributed by atoms with E-state index < -0.39 is 12.1 Å². The van der Waals surface area contributed by atoms with Crippen molar-refractivity contribution >= 4 is 17.9 Å². The van der Waals surface area contributed by atoms with Crippen LogP contribution in [0.5, 0.6) is 0 Å². The largest absolute Gasteiger partial charge is 0.462 e. The monoisotopic (exact) mass is 1070 g/mol. The van der Waals surface area contributed by atoms with Crippen molar-refractivity contribution in [2.75, 3.05) is 13.2 Å². The topological polar surface area (TPSA) is 78.9 Å². The van der Waals surface area contributed by atoms with Crippen LogP contribution in [0, 0.1) is 0 Å². The summed E-state index contributed by atoms with van der Waals surface area (Å²) in [5, 5.41) is 0. The summed E-state index contributed by atoms with van der Waals surface area (Å²) < 4.78 is 16.7. The maximum atomic E-state index is 12.9. The lowest BCUT2D eigenvalue weighted by Gasteiger charge is -2.18. The molecule has 6 heteroatoms. The second-order valence-corrected chi connectivity index (χ2v) is 19.1. The summed E-state index contributed by atoms with van der Waals surface area (Å²) in [5.74, 6) is -1.06. The first-order valence-electron chi connectivity index (χ1n) is 30.4. The fourth-order valence-electron chi connectivity index (χ4n) is 7.33. The van der Waals surface area contributed by atoms with Crippen molar-refractivity contribution in [3.8, 4) is 0 Å². The van der Waals surface area contributed by atoms with Crippen LogP contribution < -0.4 is 0 Å². The van der Waals surface area contributed by atoms with Gasteiger partial charge in [-0.15, -0.1) is 0 Å². The third-order valence-electron chi connectivity index (χ3n) is 11.8. The first-order valence-corrected chi connectivity index (χ1v) is 30.4. The molecule has 0 aromatic heterocycles. The van der Waals surface area contributed by atoms with E-state index in [1.54, 1.807) is 0 Å². The molecule has 0 rings (SSSR count). The molecule has 0 amide bonds. The van der Waals surface area contributed by atoms with Crippen molar-refractivity contribution < 1.29 is 28.6 Å². The van der Waals surface area contributed by atoms with Crippen LogP contribution in [0.2, 0.25) is 0 Å². The summed E-state index contributed by atoms with van der Waals surface area (Å²) >= 11 is 0. The highest BCUT2D eigenvalue weighted by Gasteiger charge is 2.19. The summed E-state index contributed by atoms with van der Waals surface area (Å²) in [6.45, 7) is 6.23. The summed E-state index contributed by atoms with van der Waals surface area (Å²) in [5.41, 5.74) is 0. The van der Waals surface area contributed by atoms with E-state index in [2.05, 4.69) is 215 Å². The first kappa shape index (κ1) is 72.2. The molecule has 0 aliphatic carbocycles. The van der Waals surface area contributed by atoms with Gasteiger partial charge in [-0.3, -0.25) is 14.4 Å². The minimum atomic E-state index is -0.842. The van der Waals surface area contributed by atoms with Gasteiger partial charge in [0.2, 0.25) is 0 Å². The number of carbonyl (C=O) groups excluding carboxylic acids is 3. The van der Waals surface area contributed by atoms with Crippen LogP contribution in [0.4, 0.5) is 0 Å². The summed E-state index contributed by atoms with van der Waals surface area (Å²) in [6, 6.07) is 0. The molecule has 0 radical (unpaired) electrons. The molecular weight excluding hydrogens is 961 g/mol. The fourth-order valence-corrected chi connectivity index (χ4v) is 7.33. The molecule has 0 saturated carbocycles. The third kappa shape index (κ3) is 61.1. The molecule has 432 valence electrons. The molecule has 0 aromatic rings.